The summed E-state index contributed by atoms with van der Waals surface area (Å²) < 4.78 is 10.8. The maximum atomic E-state index is 13.0. The summed E-state index contributed by atoms with van der Waals surface area (Å²) in [7, 11) is 1.59. The van der Waals surface area contributed by atoms with Crippen molar-refractivity contribution in [2.75, 3.05) is 12.4 Å². The highest BCUT2D eigenvalue weighted by atomic mass is 16.5. The number of hydrogen-bond donors (Lipinski definition) is 1. The first-order chi connectivity index (χ1) is 12.6. The van der Waals surface area contributed by atoms with E-state index in [1.54, 1.807) is 7.11 Å². The second kappa shape index (κ2) is 6.33. The Balaban J connectivity index is 1.59. The molecule has 1 aliphatic rings. The number of aryl methyl sites for hydroxylation is 1. The van der Waals surface area contributed by atoms with E-state index in [2.05, 4.69) is 10.5 Å². The average Bonchev–Trinajstić information content (AvgIpc) is 3.33. The van der Waals surface area contributed by atoms with E-state index in [-0.39, 0.29) is 5.91 Å². The van der Waals surface area contributed by atoms with Gasteiger partial charge in [0.2, 0.25) is 5.91 Å². The van der Waals surface area contributed by atoms with Gasteiger partial charge in [-0.3, -0.25) is 4.79 Å². The van der Waals surface area contributed by atoms with Crippen LogP contribution < -0.4 is 10.1 Å². The van der Waals surface area contributed by atoms with Crippen LogP contribution in [0.5, 0.6) is 5.75 Å². The minimum Gasteiger partial charge on any atom is -0.495 e. The third-order valence-electron chi connectivity index (χ3n) is 4.85. The lowest BCUT2D eigenvalue weighted by molar-refractivity contribution is -0.118. The second-order valence-corrected chi connectivity index (χ2v) is 6.68. The maximum Gasteiger partial charge on any atom is 0.236 e. The molecule has 1 aliphatic carbocycles. The summed E-state index contributed by atoms with van der Waals surface area (Å²) in [4.78, 5) is 13.0. The quantitative estimate of drug-likeness (QED) is 0.745. The third kappa shape index (κ3) is 2.86. The normalized spacial score (nSPS) is 14.7. The molecular weight excluding hydrogens is 328 g/mol. The predicted octanol–water partition coefficient (Wildman–Crippen LogP) is 4.33. The summed E-state index contributed by atoms with van der Waals surface area (Å²) in [6, 6.07) is 17.3. The minimum absolute atomic E-state index is 0.0747. The van der Waals surface area contributed by atoms with Crippen LogP contribution >= 0.6 is 0 Å². The summed E-state index contributed by atoms with van der Waals surface area (Å²) in [6.45, 7) is 1.98. The number of rotatable bonds is 5. The van der Waals surface area contributed by atoms with E-state index in [1.807, 2.05) is 61.5 Å². The van der Waals surface area contributed by atoms with Crippen LogP contribution in [0.25, 0.3) is 11.3 Å². The predicted molar refractivity (Wildman–Crippen MR) is 99.2 cm³/mol. The van der Waals surface area contributed by atoms with Crippen molar-refractivity contribution >= 4 is 11.6 Å². The van der Waals surface area contributed by atoms with Crippen LogP contribution in [0.1, 0.15) is 24.1 Å². The molecule has 1 saturated carbocycles. The van der Waals surface area contributed by atoms with Crippen molar-refractivity contribution in [3.63, 3.8) is 0 Å². The Kier molecular flexibility index (Phi) is 3.99. The zero-order valence-corrected chi connectivity index (χ0v) is 14.8. The van der Waals surface area contributed by atoms with E-state index in [0.717, 1.165) is 24.0 Å². The highest BCUT2D eigenvalue weighted by Crippen LogP contribution is 2.49. The molecule has 1 N–H and O–H groups in total. The fraction of sp³-hybridized carbons (Fsp3) is 0.238. The molecule has 26 heavy (non-hydrogen) atoms. The number of amides is 1. The van der Waals surface area contributed by atoms with Gasteiger partial charge in [0, 0.05) is 11.6 Å². The zero-order valence-electron chi connectivity index (χ0n) is 14.8. The third-order valence-corrected chi connectivity index (χ3v) is 4.85. The minimum atomic E-state index is -0.620. The maximum absolute atomic E-state index is 13.0. The molecule has 1 heterocycles. The van der Waals surface area contributed by atoms with Crippen molar-refractivity contribution < 1.29 is 14.1 Å². The van der Waals surface area contributed by atoms with Crippen molar-refractivity contribution in [2.45, 2.75) is 25.2 Å². The molecular formula is C21H20N2O3. The van der Waals surface area contributed by atoms with Crippen LogP contribution in [-0.4, -0.2) is 18.2 Å². The molecule has 4 rings (SSSR count). The Hall–Kier alpha value is -3.08. The number of aromatic nitrogens is 1. The van der Waals surface area contributed by atoms with E-state index in [4.69, 9.17) is 9.26 Å². The highest BCUT2D eigenvalue weighted by Gasteiger charge is 2.54. The van der Waals surface area contributed by atoms with Gasteiger partial charge in [0.05, 0.1) is 23.9 Å². The monoisotopic (exact) mass is 348 g/mol. The van der Waals surface area contributed by atoms with Crippen LogP contribution in [0.4, 0.5) is 5.69 Å². The zero-order chi connectivity index (χ0) is 18.1. The Morgan fingerprint density at radius 1 is 1.15 bits per heavy atom. The molecule has 0 aliphatic heterocycles. The van der Waals surface area contributed by atoms with E-state index in [1.165, 1.54) is 0 Å². The number of methoxy groups -OCH3 is 1. The first-order valence-electron chi connectivity index (χ1n) is 8.61. The Morgan fingerprint density at radius 3 is 2.62 bits per heavy atom. The van der Waals surface area contributed by atoms with Gasteiger partial charge >= 0.3 is 0 Å². The smallest absolute Gasteiger partial charge is 0.236 e. The molecule has 0 unspecified atom stereocenters. The van der Waals surface area contributed by atoms with Gasteiger partial charge in [-0.25, -0.2) is 0 Å². The summed E-state index contributed by atoms with van der Waals surface area (Å²) in [5, 5.41) is 7.19. The number of nitrogens with one attached hydrogen (secondary N) is 1. The number of anilines is 1. The summed E-state index contributed by atoms with van der Waals surface area (Å²) >= 11 is 0. The Bertz CT molecular complexity index is 943. The lowest BCUT2D eigenvalue weighted by Crippen LogP contribution is -2.28. The fourth-order valence-electron chi connectivity index (χ4n) is 3.13. The molecule has 0 atom stereocenters. The molecule has 3 aromatic rings. The molecule has 1 aromatic heterocycles. The van der Waals surface area contributed by atoms with Gasteiger partial charge in [-0.1, -0.05) is 41.6 Å². The van der Waals surface area contributed by atoms with Gasteiger partial charge in [-0.2, -0.15) is 0 Å². The molecule has 2 aromatic carbocycles. The van der Waals surface area contributed by atoms with Gasteiger partial charge in [0.1, 0.15) is 5.75 Å². The molecule has 1 amide bonds. The van der Waals surface area contributed by atoms with E-state index < -0.39 is 5.41 Å². The molecule has 0 saturated heterocycles. The standard InChI is InChI=1S/C21H20N2O3/c1-14-8-9-17(25-2)16(12-14)22-20(24)21(10-11-21)19-13-18(26-23-19)15-6-4-3-5-7-15/h3-9,12-13H,10-11H2,1-2H3,(H,22,24). The molecule has 0 bridgehead atoms. The SMILES string of the molecule is COc1ccc(C)cc1NC(=O)C1(c2cc(-c3ccccc3)on2)CC1. The number of ether oxygens (including phenoxy) is 1. The number of nitrogens with zero attached hydrogens (tertiary/aromatic N) is 1. The number of hydrogen-bond acceptors (Lipinski definition) is 4. The van der Waals surface area contributed by atoms with Crippen LogP contribution in [0.3, 0.4) is 0 Å². The van der Waals surface area contributed by atoms with Crippen molar-refractivity contribution in [1.29, 1.82) is 0 Å². The molecule has 0 spiro atoms. The van der Waals surface area contributed by atoms with Crippen LogP contribution in [-0.2, 0) is 10.2 Å². The second-order valence-electron chi connectivity index (χ2n) is 6.68. The number of carbonyl (C=O) groups is 1. The highest BCUT2D eigenvalue weighted by molar-refractivity contribution is 6.02. The fourth-order valence-corrected chi connectivity index (χ4v) is 3.13. The molecule has 5 heteroatoms. The topological polar surface area (TPSA) is 64.4 Å². The van der Waals surface area contributed by atoms with Gasteiger partial charge in [-0.15, -0.1) is 0 Å². The van der Waals surface area contributed by atoms with Crippen molar-refractivity contribution in [2.24, 2.45) is 0 Å². The van der Waals surface area contributed by atoms with Gasteiger partial charge in [0.15, 0.2) is 5.76 Å². The van der Waals surface area contributed by atoms with E-state index in [9.17, 15) is 4.79 Å². The van der Waals surface area contributed by atoms with Crippen molar-refractivity contribution in [3.05, 3.63) is 65.9 Å². The van der Waals surface area contributed by atoms with Crippen LogP contribution in [0.15, 0.2) is 59.1 Å². The Labute approximate surface area is 152 Å². The van der Waals surface area contributed by atoms with Crippen LogP contribution in [0.2, 0.25) is 0 Å². The van der Waals surface area contributed by atoms with Crippen molar-refractivity contribution in [3.8, 4) is 17.1 Å². The molecule has 132 valence electrons. The van der Waals surface area contributed by atoms with E-state index in [0.29, 0.717) is 22.9 Å². The molecule has 5 nitrogen and oxygen atoms in total. The van der Waals surface area contributed by atoms with E-state index >= 15 is 0 Å². The Morgan fingerprint density at radius 2 is 1.92 bits per heavy atom. The van der Waals surface area contributed by atoms with Gasteiger partial charge in [0.25, 0.3) is 0 Å². The average molecular weight is 348 g/mol. The summed E-state index contributed by atoms with van der Waals surface area (Å²) in [5.41, 5.74) is 2.74. The summed E-state index contributed by atoms with van der Waals surface area (Å²) in [5.74, 6) is 1.24. The first kappa shape index (κ1) is 16.4. The largest absolute Gasteiger partial charge is 0.495 e. The molecule has 0 radical (unpaired) electrons. The van der Waals surface area contributed by atoms with Gasteiger partial charge in [-0.05, 0) is 37.5 Å². The lowest BCUT2D eigenvalue weighted by Gasteiger charge is -2.15. The number of benzene rings is 2. The van der Waals surface area contributed by atoms with Gasteiger partial charge < -0.3 is 14.6 Å². The van der Waals surface area contributed by atoms with Crippen molar-refractivity contribution in [1.82, 2.24) is 5.16 Å². The number of carbonyl (C=O) groups excluding carboxylic acids is 1. The lowest BCUT2D eigenvalue weighted by atomic mass is 10.00. The first-order valence-corrected chi connectivity index (χ1v) is 8.61. The molecule has 1 fully saturated rings. The van der Waals surface area contributed by atoms with Crippen LogP contribution in [0, 0.1) is 6.92 Å². The summed E-state index contributed by atoms with van der Waals surface area (Å²) in [6.07, 6.45) is 1.52.